The van der Waals surface area contributed by atoms with Gasteiger partial charge in [0, 0.05) is 52.8 Å². The Kier molecular flexibility index (Phi) is 8.67. The van der Waals surface area contributed by atoms with Crippen LogP contribution in [0.2, 0.25) is 0 Å². The van der Waals surface area contributed by atoms with E-state index in [4.69, 9.17) is 4.42 Å². The fourth-order valence-corrected chi connectivity index (χ4v) is 10.8. The summed E-state index contributed by atoms with van der Waals surface area (Å²) in [6, 6.07) is 68.4. The summed E-state index contributed by atoms with van der Waals surface area (Å²) < 4.78 is 7.22. The number of pyridine rings is 2. The molecule has 9 aromatic carbocycles. The van der Waals surface area contributed by atoms with Crippen molar-refractivity contribution >= 4 is 60.1 Å². The van der Waals surface area contributed by atoms with Crippen LogP contribution in [-0.4, -0.2) is 9.97 Å². The number of aromatic nitrogens is 2. The number of benzene rings is 9. The zero-order valence-corrected chi connectivity index (χ0v) is 35.4. The molecule has 0 radical (unpaired) electrons. The second-order valence-corrected chi connectivity index (χ2v) is 17.2. The van der Waals surface area contributed by atoms with Crippen LogP contribution in [-0.2, 0) is 0 Å². The third-order valence-corrected chi connectivity index (χ3v) is 13.5. The minimum absolute atomic E-state index is 0.00852. The Morgan fingerprint density at radius 3 is 1.37 bits per heavy atom. The number of hydrogen-bond acceptors (Lipinski definition) is 3. The van der Waals surface area contributed by atoms with Gasteiger partial charge in [-0.1, -0.05) is 158 Å². The van der Waals surface area contributed by atoms with Crippen molar-refractivity contribution in [3.05, 3.63) is 236 Å². The van der Waals surface area contributed by atoms with Crippen LogP contribution in [0.15, 0.2) is 223 Å². The molecular weight excluding hydrogens is 789 g/mol. The molecule has 12 aromatic rings. The molecule has 3 nitrogen and oxygen atoms in total. The van der Waals surface area contributed by atoms with Crippen LogP contribution >= 0.6 is 0 Å². The van der Waals surface area contributed by atoms with E-state index in [9.17, 15) is 0 Å². The van der Waals surface area contributed by atoms with Gasteiger partial charge in [-0.15, -0.1) is 0 Å². The number of furan rings is 1. The largest absolute Gasteiger partial charge is 0.460 e. The minimum Gasteiger partial charge on any atom is -0.460 e. The molecular formula is C62H40N2O. The van der Waals surface area contributed by atoms with Gasteiger partial charge in [0.25, 0.3) is 0 Å². The summed E-state index contributed by atoms with van der Waals surface area (Å²) in [7, 11) is 0. The van der Waals surface area contributed by atoms with E-state index in [0.717, 1.165) is 56.5 Å². The lowest BCUT2D eigenvalue weighted by Gasteiger charge is -2.24. The van der Waals surface area contributed by atoms with Crippen molar-refractivity contribution < 1.29 is 4.42 Å². The van der Waals surface area contributed by atoms with Crippen LogP contribution in [0, 0.1) is 0 Å². The van der Waals surface area contributed by atoms with Crippen LogP contribution in [0.25, 0.3) is 116 Å². The van der Waals surface area contributed by atoms with Gasteiger partial charge >= 0.3 is 0 Å². The Hall–Kier alpha value is -8.40. The highest BCUT2D eigenvalue weighted by molar-refractivity contribution is 6.22. The Balaban J connectivity index is 1.00. The first-order chi connectivity index (χ1) is 32.3. The predicted octanol–water partition coefficient (Wildman–Crippen LogP) is 16.7. The quantitative estimate of drug-likeness (QED) is 0.157. The monoisotopic (exact) mass is 828 g/mol. The molecule has 0 amide bonds. The van der Waals surface area contributed by atoms with E-state index in [1.165, 1.54) is 76.5 Å². The second-order valence-electron chi connectivity index (χ2n) is 17.2. The van der Waals surface area contributed by atoms with Gasteiger partial charge in [-0.3, -0.25) is 9.97 Å². The van der Waals surface area contributed by atoms with E-state index in [-0.39, 0.29) is 5.92 Å². The Morgan fingerprint density at radius 1 is 0.369 bits per heavy atom. The Morgan fingerprint density at radius 2 is 0.831 bits per heavy atom. The smallest absolute Gasteiger partial charge is 0.135 e. The topological polar surface area (TPSA) is 38.9 Å². The maximum Gasteiger partial charge on any atom is 0.135 e. The Bertz CT molecular complexity index is 3680. The summed E-state index contributed by atoms with van der Waals surface area (Å²) in [5.74, 6) is 1.03. The van der Waals surface area contributed by atoms with E-state index < -0.39 is 0 Å². The second kappa shape index (κ2) is 15.1. The molecule has 0 N–H and O–H groups in total. The highest BCUT2D eigenvalue weighted by Gasteiger charge is 2.30. The molecule has 0 saturated heterocycles. The van der Waals surface area contributed by atoms with Gasteiger partial charge in [-0.2, -0.15) is 0 Å². The van der Waals surface area contributed by atoms with E-state index in [1.807, 2.05) is 36.9 Å². The molecule has 304 valence electrons. The summed E-state index contributed by atoms with van der Waals surface area (Å²) >= 11 is 0. The first-order valence-electron chi connectivity index (χ1n) is 22.4. The van der Waals surface area contributed by atoms with E-state index >= 15 is 0 Å². The van der Waals surface area contributed by atoms with Crippen LogP contribution < -0.4 is 0 Å². The number of fused-ring (bicyclic) bond motifs is 7. The molecule has 0 spiro atoms. The lowest BCUT2D eigenvalue weighted by Crippen LogP contribution is -2.06. The van der Waals surface area contributed by atoms with Crippen molar-refractivity contribution in [3.8, 4) is 55.6 Å². The SMILES string of the molecule is C1=Cc2c(oc3cc(-c4c5ccccc5c(-c5ccccc5)c5ccccc45)ccc23)C(c2c3ccccc3c(-c3cc(-c4cccnc4)cc(-c4cccnc4)c3)c3ccccc23)C1. The fourth-order valence-electron chi connectivity index (χ4n) is 10.8. The first kappa shape index (κ1) is 37.2. The molecule has 1 aliphatic rings. The van der Waals surface area contributed by atoms with Gasteiger partial charge < -0.3 is 4.42 Å². The van der Waals surface area contributed by atoms with Crippen molar-refractivity contribution in [2.75, 3.05) is 0 Å². The lowest BCUT2D eigenvalue weighted by molar-refractivity contribution is 0.519. The van der Waals surface area contributed by atoms with Gasteiger partial charge in [0.2, 0.25) is 0 Å². The molecule has 13 rings (SSSR count). The number of rotatable bonds is 6. The fraction of sp³-hybridized carbons (Fsp3) is 0.0323. The zero-order chi connectivity index (χ0) is 42.8. The highest BCUT2D eigenvalue weighted by Crippen LogP contribution is 2.50. The van der Waals surface area contributed by atoms with Crippen molar-refractivity contribution in [3.63, 3.8) is 0 Å². The standard InChI is InChI=1S/C62H40N2O/c1-2-15-39(16-3-1)58-47-19-4-6-21-49(47)59(50-22-7-5-20-48(50)58)40-29-30-46-55-27-12-28-56(62(55)65-57(46)36-40)61-53-25-10-8-23-51(53)60(52-24-9-11-26-54(52)61)45-34-43(41-17-13-31-63-37-41)33-44(35-45)42-18-14-32-64-38-42/h1-27,29-38,56H,28H2. The normalized spacial score (nSPS) is 13.6. The summed E-state index contributed by atoms with van der Waals surface area (Å²) in [6.07, 6.45) is 13.0. The van der Waals surface area contributed by atoms with Crippen molar-refractivity contribution in [1.82, 2.24) is 9.97 Å². The third-order valence-electron chi connectivity index (χ3n) is 13.5. The van der Waals surface area contributed by atoms with Crippen LogP contribution in [0.4, 0.5) is 0 Å². The first-order valence-corrected chi connectivity index (χ1v) is 22.4. The molecule has 3 heteroatoms. The van der Waals surface area contributed by atoms with E-state index in [2.05, 4.69) is 198 Å². The summed E-state index contributed by atoms with van der Waals surface area (Å²) in [4.78, 5) is 8.99. The third kappa shape index (κ3) is 6.04. The maximum absolute atomic E-state index is 7.22. The molecule has 1 atom stereocenters. The summed E-state index contributed by atoms with van der Waals surface area (Å²) in [6.45, 7) is 0. The number of hydrogen-bond donors (Lipinski definition) is 0. The molecule has 0 bridgehead atoms. The number of nitrogens with zero attached hydrogens (tertiary/aromatic N) is 2. The predicted molar refractivity (Wildman–Crippen MR) is 271 cm³/mol. The maximum atomic E-state index is 7.22. The van der Waals surface area contributed by atoms with Gasteiger partial charge in [-0.25, -0.2) is 0 Å². The van der Waals surface area contributed by atoms with Crippen molar-refractivity contribution in [1.29, 1.82) is 0 Å². The number of allylic oxidation sites excluding steroid dienone is 1. The molecule has 1 aliphatic carbocycles. The average Bonchev–Trinajstić information content (AvgIpc) is 3.76. The van der Waals surface area contributed by atoms with E-state index in [0.29, 0.717) is 0 Å². The molecule has 65 heavy (non-hydrogen) atoms. The van der Waals surface area contributed by atoms with Crippen LogP contribution in [0.5, 0.6) is 0 Å². The summed E-state index contributed by atoms with van der Waals surface area (Å²) in [5, 5.41) is 11.0. The average molecular weight is 829 g/mol. The molecule has 0 aliphatic heterocycles. The highest BCUT2D eigenvalue weighted by atomic mass is 16.3. The van der Waals surface area contributed by atoms with Gasteiger partial charge in [0.05, 0.1) is 0 Å². The van der Waals surface area contributed by atoms with Gasteiger partial charge in [0.1, 0.15) is 11.3 Å². The van der Waals surface area contributed by atoms with Gasteiger partial charge in [-0.05, 0) is 142 Å². The molecule has 3 aromatic heterocycles. The van der Waals surface area contributed by atoms with E-state index in [1.54, 1.807) is 0 Å². The summed E-state index contributed by atoms with van der Waals surface area (Å²) in [5.41, 5.74) is 15.0. The molecule has 0 saturated carbocycles. The van der Waals surface area contributed by atoms with Crippen LogP contribution in [0.1, 0.15) is 29.2 Å². The van der Waals surface area contributed by atoms with Gasteiger partial charge in [0.15, 0.2) is 0 Å². The van der Waals surface area contributed by atoms with Crippen molar-refractivity contribution in [2.24, 2.45) is 0 Å². The minimum atomic E-state index is 0.00852. The van der Waals surface area contributed by atoms with Crippen molar-refractivity contribution in [2.45, 2.75) is 12.3 Å². The molecule has 1 unspecified atom stereocenters. The molecule has 0 fully saturated rings. The zero-order valence-electron chi connectivity index (χ0n) is 35.4. The molecule has 3 heterocycles. The lowest BCUT2D eigenvalue weighted by atomic mass is 9.79. The Labute approximate surface area is 376 Å². The van der Waals surface area contributed by atoms with Crippen LogP contribution in [0.3, 0.4) is 0 Å².